The summed E-state index contributed by atoms with van der Waals surface area (Å²) in [4.78, 5) is 22.5. The molecule has 104 valence electrons. The Morgan fingerprint density at radius 3 is 2.79 bits per heavy atom. The Morgan fingerprint density at radius 1 is 1.53 bits per heavy atom. The van der Waals surface area contributed by atoms with Crippen molar-refractivity contribution in [3.05, 3.63) is 12.0 Å². The van der Waals surface area contributed by atoms with Crippen molar-refractivity contribution in [2.45, 2.75) is 27.7 Å². The monoisotopic (exact) mass is 269 g/mol. The molecule has 0 fully saturated rings. The van der Waals surface area contributed by atoms with Gasteiger partial charge in [-0.25, -0.2) is 14.4 Å². The first-order valence-electron chi connectivity index (χ1n) is 5.66. The number of halogens is 1. The van der Waals surface area contributed by atoms with Gasteiger partial charge in [-0.15, -0.1) is 0 Å². The Balaban J connectivity index is 2.59. The van der Waals surface area contributed by atoms with E-state index in [0.717, 1.165) is 6.20 Å². The molecule has 19 heavy (non-hydrogen) atoms. The number of carbonyl (C=O) groups is 1. The highest BCUT2D eigenvalue weighted by atomic mass is 19.1. The number of aliphatic imine (C=N–C) groups is 1. The zero-order chi connectivity index (χ0) is 14.5. The van der Waals surface area contributed by atoms with E-state index in [0.29, 0.717) is 0 Å². The molecule has 0 aliphatic carbocycles. The molecule has 0 spiro atoms. The largest absolute Gasteiger partial charge is 0.427 e. The fourth-order valence-corrected chi connectivity index (χ4v) is 0.977. The van der Waals surface area contributed by atoms with Crippen molar-refractivity contribution in [3.63, 3.8) is 0 Å². The number of nitrogens with zero attached hydrogens (tertiary/aromatic N) is 3. The van der Waals surface area contributed by atoms with Crippen LogP contribution in [0, 0.1) is 11.2 Å². The summed E-state index contributed by atoms with van der Waals surface area (Å²) in [6.07, 6.45) is 2.34. The number of aromatic nitrogens is 2. The molecule has 0 saturated heterocycles. The lowest BCUT2D eigenvalue weighted by Gasteiger charge is -2.16. The summed E-state index contributed by atoms with van der Waals surface area (Å²) in [5.41, 5.74) is -0.620. The van der Waals surface area contributed by atoms with Crippen molar-refractivity contribution in [1.29, 1.82) is 0 Å². The molecular formula is C12H16FN3O3. The topological polar surface area (TPSA) is 73.7 Å². The first-order chi connectivity index (χ1) is 8.84. The molecule has 0 radical (unpaired) electrons. The normalized spacial score (nSPS) is 11.6. The van der Waals surface area contributed by atoms with Crippen LogP contribution < -0.4 is 4.74 Å². The lowest BCUT2D eigenvalue weighted by atomic mass is 9.98. The van der Waals surface area contributed by atoms with E-state index in [1.54, 1.807) is 27.7 Å². The van der Waals surface area contributed by atoms with Gasteiger partial charge in [-0.1, -0.05) is 0 Å². The second-order valence-electron chi connectivity index (χ2n) is 4.66. The molecule has 0 aromatic carbocycles. The second-order valence-corrected chi connectivity index (χ2v) is 4.66. The molecule has 0 aliphatic rings. The standard InChI is InChI=1S/C12H16FN3O3/c1-5-14-9-8(13)6-15-11(16-9)19-7-18-10(17)12(2,3)4/h5-6H,7H2,1-4H3. The molecule has 0 aliphatic heterocycles. The zero-order valence-electron chi connectivity index (χ0n) is 11.3. The smallest absolute Gasteiger partial charge is 0.321 e. The minimum absolute atomic E-state index is 0.108. The van der Waals surface area contributed by atoms with Gasteiger partial charge in [0.05, 0.1) is 11.6 Å². The predicted molar refractivity (Wildman–Crippen MR) is 66.9 cm³/mol. The summed E-state index contributed by atoms with van der Waals surface area (Å²) in [7, 11) is 0. The van der Waals surface area contributed by atoms with E-state index in [2.05, 4.69) is 15.0 Å². The highest BCUT2D eigenvalue weighted by Crippen LogP contribution is 2.17. The lowest BCUT2D eigenvalue weighted by molar-refractivity contribution is -0.159. The molecule has 1 rings (SSSR count). The van der Waals surface area contributed by atoms with Crippen LogP contribution in [0.1, 0.15) is 27.7 Å². The Labute approximate surface area is 110 Å². The second kappa shape index (κ2) is 6.21. The Morgan fingerprint density at radius 2 is 2.21 bits per heavy atom. The average Bonchev–Trinajstić information content (AvgIpc) is 2.32. The van der Waals surface area contributed by atoms with Crippen LogP contribution in [0.5, 0.6) is 6.01 Å². The first kappa shape index (κ1) is 15.0. The third-order valence-corrected chi connectivity index (χ3v) is 1.95. The van der Waals surface area contributed by atoms with E-state index in [9.17, 15) is 9.18 Å². The molecular weight excluding hydrogens is 253 g/mol. The number of esters is 1. The van der Waals surface area contributed by atoms with Crippen LogP contribution in [0.4, 0.5) is 10.2 Å². The molecule has 0 saturated carbocycles. The van der Waals surface area contributed by atoms with Crippen molar-refractivity contribution < 1.29 is 18.7 Å². The lowest BCUT2D eigenvalue weighted by Crippen LogP contribution is -2.24. The number of rotatable bonds is 4. The molecule has 0 unspecified atom stereocenters. The van der Waals surface area contributed by atoms with Gasteiger partial charge >= 0.3 is 12.0 Å². The fourth-order valence-electron chi connectivity index (χ4n) is 0.977. The Kier molecular flexibility index (Phi) is 4.91. The average molecular weight is 269 g/mol. The molecule has 6 nitrogen and oxygen atoms in total. The third-order valence-electron chi connectivity index (χ3n) is 1.95. The van der Waals surface area contributed by atoms with Crippen molar-refractivity contribution >= 4 is 18.0 Å². The van der Waals surface area contributed by atoms with E-state index < -0.39 is 17.2 Å². The number of hydrogen-bond acceptors (Lipinski definition) is 6. The quantitative estimate of drug-likeness (QED) is 0.476. The van der Waals surface area contributed by atoms with E-state index >= 15 is 0 Å². The van der Waals surface area contributed by atoms with E-state index in [1.165, 1.54) is 6.21 Å². The van der Waals surface area contributed by atoms with Crippen LogP contribution >= 0.6 is 0 Å². The molecule has 1 heterocycles. The van der Waals surface area contributed by atoms with Gasteiger partial charge in [-0.05, 0) is 27.7 Å². The SMILES string of the molecule is CC=Nc1nc(OCOC(=O)C(C)(C)C)ncc1F. The minimum atomic E-state index is -0.655. The molecule has 0 N–H and O–H groups in total. The van der Waals surface area contributed by atoms with Crippen LogP contribution in [0.3, 0.4) is 0 Å². The third kappa shape index (κ3) is 4.61. The van der Waals surface area contributed by atoms with Gasteiger partial charge in [0.1, 0.15) is 0 Å². The van der Waals surface area contributed by atoms with Crippen molar-refractivity contribution in [3.8, 4) is 6.01 Å². The summed E-state index contributed by atoms with van der Waals surface area (Å²) >= 11 is 0. The number of ether oxygens (including phenoxy) is 2. The van der Waals surface area contributed by atoms with Gasteiger partial charge in [-0.2, -0.15) is 4.98 Å². The van der Waals surface area contributed by atoms with Crippen molar-refractivity contribution in [2.75, 3.05) is 6.79 Å². The van der Waals surface area contributed by atoms with Gasteiger partial charge in [-0.3, -0.25) is 4.79 Å². The highest BCUT2D eigenvalue weighted by molar-refractivity contribution is 5.75. The zero-order valence-corrected chi connectivity index (χ0v) is 11.3. The fraction of sp³-hybridized carbons (Fsp3) is 0.500. The molecule has 0 atom stereocenters. The molecule has 0 bridgehead atoms. The van der Waals surface area contributed by atoms with Gasteiger partial charge in [0, 0.05) is 6.21 Å². The van der Waals surface area contributed by atoms with Crippen LogP contribution in [-0.2, 0) is 9.53 Å². The Hall–Kier alpha value is -2.05. The van der Waals surface area contributed by atoms with E-state index in [4.69, 9.17) is 9.47 Å². The van der Waals surface area contributed by atoms with E-state index in [1.807, 2.05) is 0 Å². The number of carbonyl (C=O) groups excluding carboxylic acids is 1. The maximum atomic E-state index is 13.2. The van der Waals surface area contributed by atoms with Gasteiger partial charge in [0.25, 0.3) is 0 Å². The number of hydrogen-bond donors (Lipinski definition) is 0. The van der Waals surface area contributed by atoms with Crippen LogP contribution in [0.2, 0.25) is 0 Å². The maximum Gasteiger partial charge on any atom is 0.321 e. The molecule has 0 amide bonds. The summed E-state index contributed by atoms with van der Waals surface area (Å²) in [6.45, 7) is 6.46. The Bertz CT molecular complexity index is 484. The molecule has 7 heteroatoms. The van der Waals surface area contributed by atoms with Crippen molar-refractivity contribution in [1.82, 2.24) is 9.97 Å². The van der Waals surface area contributed by atoms with Crippen molar-refractivity contribution in [2.24, 2.45) is 10.4 Å². The van der Waals surface area contributed by atoms with Crippen LogP contribution in [0.25, 0.3) is 0 Å². The van der Waals surface area contributed by atoms with Crippen LogP contribution in [-0.4, -0.2) is 28.9 Å². The van der Waals surface area contributed by atoms with E-state index in [-0.39, 0.29) is 18.6 Å². The molecule has 1 aromatic rings. The van der Waals surface area contributed by atoms with Gasteiger partial charge in [0.15, 0.2) is 11.6 Å². The maximum absolute atomic E-state index is 13.2. The summed E-state index contributed by atoms with van der Waals surface area (Å²) in [5.74, 6) is -1.20. The summed E-state index contributed by atoms with van der Waals surface area (Å²) < 4.78 is 23.1. The minimum Gasteiger partial charge on any atom is -0.427 e. The van der Waals surface area contributed by atoms with Gasteiger partial charge < -0.3 is 9.47 Å². The summed E-state index contributed by atoms with van der Waals surface area (Å²) in [6, 6.07) is -0.108. The first-order valence-corrected chi connectivity index (χ1v) is 5.66. The molecule has 1 aromatic heterocycles. The van der Waals surface area contributed by atoms with Gasteiger partial charge in [0.2, 0.25) is 6.79 Å². The highest BCUT2D eigenvalue weighted by Gasteiger charge is 2.23. The predicted octanol–water partition coefficient (Wildman–Crippen LogP) is 2.26. The van der Waals surface area contributed by atoms with Crippen LogP contribution in [0.15, 0.2) is 11.2 Å². The summed E-state index contributed by atoms with van der Waals surface area (Å²) in [5, 5.41) is 0.